The van der Waals surface area contributed by atoms with Crippen LogP contribution in [0.4, 0.5) is 4.39 Å². The van der Waals surface area contributed by atoms with Gasteiger partial charge in [0.2, 0.25) is 5.91 Å². The molecule has 1 aliphatic rings. The number of nitrogens with zero attached hydrogens (tertiary/aromatic N) is 1. The zero-order valence-electron chi connectivity index (χ0n) is 12.6. The molecule has 1 fully saturated rings. The van der Waals surface area contributed by atoms with Crippen molar-refractivity contribution in [2.45, 2.75) is 38.6 Å². The highest BCUT2D eigenvalue weighted by molar-refractivity contribution is 5.85. The van der Waals surface area contributed by atoms with E-state index in [1.807, 2.05) is 17.9 Å². The SMILES string of the molecule is CC(CC(=O)N1CC(CN)CC1C)c1cccc(F)c1.Cl. The van der Waals surface area contributed by atoms with Crippen LogP contribution in [0.5, 0.6) is 0 Å². The van der Waals surface area contributed by atoms with E-state index >= 15 is 0 Å². The van der Waals surface area contributed by atoms with Crippen LogP contribution in [-0.2, 0) is 4.79 Å². The van der Waals surface area contributed by atoms with Crippen LogP contribution in [0.15, 0.2) is 24.3 Å². The molecule has 0 aromatic heterocycles. The fourth-order valence-corrected chi connectivity index (χ4v) is 2.97. The Bertz CT molecular complexity index is 483. The van der Waals surface area contributed by atoms with Crippen molar-refractivity contribution >= 4 is 18.3 Å². The van der Waals surface area contributed by atoms with Gasteiger partial charge in [0.25, 0.3) is 0 Å². The summed E-state index contributed by atoms with van der Waals surface area (Å²) in [5.74, 6) is 0.338. The number of amides is 1. The molecule has 1 saturated heterocycles. The van der Waals surface area contributed by atoms with Crippen molar-refractivity contribution in [2.24, 2.45) is 11.7 Å². The fraction of sp³-hybridized carbons (Fsp3) is 0.562. The molecule has 0 radical (unpaired) electrons. The second-order valence-electron chi connectivity index (χ2n) is 5.89. The number of nitrogens with two attached hydrogens (primary N) is 1. The van der Waals surface area contributed by atoms with E-state index in [0.29, 0.717) is 18.9 Å². The Hall–Kier alpha value is -1.13. The number of carbonyl (C=O) groups is 1. The third kappa shape index (κ3) is 4.42. The highest BCUT2D eigenvalue weighted by Gasteiger charge is 2.31. The van der Waals surface area contributed by atoms with Crippen LogP contribution < -0.4 is 5.73 Å². The van der Waals surface area contributed by atoms with E-state index in [1.54, 1.807) is 6.07 Å². The lowest BCUT2D eigenvalue weighted by Gasteiger charge is -2.23. The summed E-state index contributed by atoms with van der Waals surface area (Å²) in [5, 5.41) is 0. The van der Waals surface area contributed by atoms with Crippen molar-refractivity contribution in [3.05, 3.63) is 35.6 Å². The average molecular weight is 315 g/mol. The number of benzene rings is 1. The minimum absolute atomic E-state index is 0. The Morgan fingerprint density at radius 3 is 2.81 bits per heavy atom. The standard InChI is InChI=1S/C16H23FN2O.ClH/c1-11(14-4-3-5-15(17)8-14)6-16(20)19-10-13(9-18)7-12(19)2;/h3-5,8,11-13H,6-7,9-10,18H2,1-2H3;1H. The molecule has 1 aliphatic heterocycles. The molecule has 1 aromatic carbocycles. The van der Waals surface area contributed by atoms with Gasteiger partial charge in [0, 0.05) is 19.0 Å². The second kappa shape index (κ2) is 7.76. The van der Waals surface area contributed by atoms with Gasteiger partial charge in [0.15, 0.2) is 0 Å². The molecule has 0 bridgehead atoms. The van der Waals surface area contributed by atoms with Crippen LogP contribution in [0.2, 0.25) is 0 Å². The Morgan fingerprint density at radius 2 is 2.24 bits per heavy atom. The molecular weight excluding hydrogens is 291 g/mol. The maximum Gasteiger partial charge on any atom is 0.223 e. The number of rotatable bonds is 4. The van der Waals surface area contributed by atoms with Crippen LogP contribution in [0, 0.1) is 11.7 Å². The van der Waals surface area contributed by atoms with Crippen LogP contribution in [0.1, 0.15) is 38.2 Å². The van der Waals surface area contributed by atoms with Gasteiger partial charge in [-0.25, -0.2) is 4.39 Å². The van der Waals surface area contributed by atoms with E-state index in [1.165, 1.54) is 12.1 Å². The second-order valence-corrected chi connectivity index (χ2v) is 5.89. The highest BCUT2D eigenvalue weighted by atomic mass is 35.5. The van der Waals surface area contributed by atoms with E-state index in [9.17, 15) is 9.18 Å². The minimum atomic E-state index is -0.250. The molecule has 118 valence electrons. The summed E-state index contributed by atoms with van der Waals surface area (Å²) >= 11 is 0. The Labute approximate surface area is 132 Å². The van der Waals surface area contributed by atoms with E-state index in [0.717, 1.165) is 18.5 Å². The zero-order valence-corrected chi connectivity index (χ0v) is 13.4. The van der Waals surface area contributed by atoms with Crippen molar-refractivity contribution in [1.29, 1.82) is 0 Å². The van der Waals surface area contributed by atoms with Gasteiger partial charge in [0.05, 0.1) is 0 Å². The zero-order chi connectivity index (χ0) is 14.7. The molecule has 5 heteroatoms. The smallest absolute Gasteiger partial charge is 0.223 e. The van der Waals surface area contributed by atoms with Gasteiger partial charge in [-0.3, -0.25) is 4.79 Å². The largest absolute Gasteiger partial charge is 0.340 e. The van der Waals surface area contributed by atoms with Gasteiger partial charge in [-0.2, -0.15) is 0 Å². The van der Waals surface area contributed by atoms with Gasteiger partial charge < -0.3 is 10.6 Å². The third-order valence-corrected chi connectivity index (χ3v) is 4.21. The van der Waals surface area contributed by atoms with E-state index in [-0.39, 0.29) is 36.1 Å². The molecule has 3 atom stereocenters. The van der Waals surface area contributed by atoms with Crippen LogP contribution in [0.3, 0.4) is 0 Å². The first-order valence-corrected chi connectivity index (χ1v) is 7.26. The molecule has 21 heavy (non-hydrogen) atoms. The molecule has 0 spiro atoms. The van der Waals surface area contributed by atoms with Gasteiger partial charge >= 0.3 is 0 Å². The molecule has 1 aromatic rings. The predicted octanol–water partition coefficient (Wildman–Crippen LogP) is 2.94. The summed E-state index contributed by atoms with van der Waals surface area (Å²) in [6.07, 6.45) is 1.40. The normalized spacial score (nSPS) is 22.8. The van der Waals surface area contributed by atoms with Crippen LogP contribution >= 0.6 is 12.4 Å². The molecule has 2 rings (SSSR count). The number of carbonyl (C=O) groups excluding carboxylic acids is 1. The van der Waals surface area contributed by atoms with Crippen LogP contribution in [0.25, 0.3) is 0 Å². The Kier molecular flexibility index (Phi) is 6.62. The summed E-state index contributed by atoms with van der Waals surface area (Å²) in [5.41, 5.74) is 6.56. The summed E-state index contributed by atoms with van der Waals surface area (Å²) in [7, 11) is 0. The number of hydrogen-bond donors (Lipinski definition) is 1. The van der Waals surface area contributed by atoms with Crippen molar-refractivity contribution in [2.75, 3.05) is 13.1 Å². The molecule has 2 N–H and O–H groups in total. The molecule has 1 heterocycles. The minimum Gasteiger partial charge on any atom is -0.340 e. The summed E-state index contributed by atoms with van der Waals surface area (Å²) in [6, 6.07) is 6.75. The lowest BCUT2D eigenvalue weighted by Crippen LogP contribution is -2.35. The first-order valence-electron chi connectivity index (χ1n) is 7.26. The molecule has 1 amide bonds. The topological polar surface area (TPSA) is 46.3 Å². The molecule has 0 aliphatic carbocycles. The quantitative estimate of drug-likeness (QED) is 0.928. The van der Waals surface area contributed by atoms with Crippen molar-refractivity contribution in [3.8, 4) is 0 Å². The lowest BCUT2D eigenvalue weighted by molar-refractivity contribution is -0.132. The van der Waals surface area contributed by atoms with Crippen molar-refractivity contribution in [1.82, 2.24) is 4.90 Å². The highest BCUT2D eigenvalue weighted by Crippen LogP contribution is 2.26. The molecule has 3 unspecified atom stereocenters. The Balaban J connectivity index is 0.00000220. The van der Waals surface area contributed by atoms with Gasteiger partial charge in [-0.1, -0.05) is 19.1 Å². The summed E-state index contributed by atoms with van der Waals surface area (Å²) in [6.45, 7) is 5.42. The summed E-state index contributed by atoms with van der Waals surface area (Å²) < 4.78 is 13.2. The maximum absolute atomic E-state index is 13.2. The monoisotopic (exact) mass is 314 g/mol. The number of hydrogen-bond acceptors (Lipinski definition) is 2. The van der Waals surface area contributed by atoms with Gasteiger partial charge in [-0.15, -0.1) is 12.4 Å². The Morgan fingerprint density at radius 1 is 1.52 bits per heavy atom. The van der Waals surface area contributed by atoms with Crippen molar-refractivity contribution in [3.63, 3.8) is 0 Å². The first kappa shape index (κ1) is 17.9. The fourth-order valence-electron chi connectivity index (χ4n) is 2.97. The van der Waals surface area contributed by atoms with E-state index in [4.69, 9.17) is 5.73 Å². The number of halogens is 2. The third-order valence-electron chi connectivity index (χ3n) is 4.21. The van der Waals surface area contributed by atoms with E-state index < -0.39 is 0 Å². The van der Waals surface area contributed by atoms with E-state index in [2.05, 4.69) is 6.92 Å². The number of likely N-dealkylation sites (tertiary alicyclic amines) is 1. The maximum atomic E-state index is 13.2. The molecular formula is C16H24ClFN2O. The van der Waals surface area contributed by atoms with Crippen molar-refractivity contribution < 1.29 is 9.18 Å². The van der Waals surface area contributed by atoms with Crippen LogP contribution in [-0.4, -0.2) is 29.9 Å². The summed E-state index contributed by atoms with van der Waals surface area (Å²) in [4.78, 5) is 14.3. The predicted molar refractivity (Wildman–Crippen MR) is 85.0 cm³/mol. The average Bonchev–Trinajstić information content (AvgIpc) is 2.80. The lowest BCUT2D eigenvalue weighted by atomic mass is 9.97. The van der Waals surface area contributed by atoms with Gasteiger partial charge in [0.1, 0.15) is 5.82 Å². The van der Waals surface area contributed by atoms with Gasteiger partial charge in [-0.05, 0) is 49.4 Å². The first-order chi connectivity index (χ1) is 9.51. The molecule has 0 saturated carbocycles. The molecule has 3 nitrogen and oxygen atoms in total.